The third-order valence-electron chi connectivity index (χ3n) is 5.17. The van der Waals surface area contributed by atoms with E-state index in [-0.39, 0.29) is 17.7 Å². The molecule has 2 aromatic carbocycles. The molecule has 160 valence electrons. The fourth-order valence-corrected chi connectivity index (χ4v) is 4.03. The molecule has 7 nitrogen and oxygen atoms in total. The van der Waals surface area contributed by atoms with E-state index in [1.807, 2.05) is 36.4 Å². The Morgan fingerprint density at radius 3 is 2.58 bits per heavy atom. The molecule has 1 fully saturated rings. The molecular formula is C22H21ClN4O3S. The summed E-state index contributed by atoms with van der Waals surface area (Å²) < 4.78 is 5.93. The number of para-hydroxylation sites is 1. The van der Waals surface area contributed by atoms with E-state index in [1.165, 1.54) is 11.3 Å². The van der Waals surface area contributed by atoms with Crippen molar-refractivity contribution in [3.63, 3.8) is 0 Å². The van der Waals surface area contributed by atoms with Gasteiger partial charge in [0.1, 0.15) is 17.9 Å². The van der Waals surface area contributed by atoms with E-state index in [9.17, 15) is 9.59 Å². The van der Waals surface area contributed by atoms with Crippen LogP contribution in [-0.2, 0) is 11.4 Å². The van der Waals surface area contributed by atoms with Crippen LogP contribution < -0.4 is 10.1 Å². The first-order chi connectivity index (χ1) is 15.1. The molecule has 9 heteroatoms. The zero-order valence-electron chi connectivity index (χ0n) is 16.7. The molecule has 0 aliphatic carbocycles. The highest BCUT2D eigenvalue weighted by Gasteiger charge is 2.29. The molecule has 0 atom stereocenters. The fourth-order valence-electron chi connectivity index (χ4n) is 3.46. The van der Waals surface area contributed by atoms with Gasteiger partial charge in [0.25, 0.3) is 5.91 Å². The zero-order valence-corrected chi connectivity index (χ0v) is 18.2. The number of rotatable bonds is 6. The Balaban J connectivity index is 1.35. The lowest BCUT2D eigenvalue weighted by molar-refractivity contribution is -0.121. The largest absolute Gasteiger partial charge is 0.488 e. The summed E-state index contributed by atoms with van der Waals surface area (Å²) in [7, 11) is 0. The van der Waals surface area contributed by atoms with Gasteiger partial charge in [-0.25, -0.2) is 0 Å². The molecule has 0 saturated carbocycles. The van der Waals surface area contributed by atoms with E-state index in [4.69, 9.17) is 16.3 Å². The Morgan fingerprint density at radius 1 is 1.13 bits per heavy atom. The molecule has 1 aliphatic rings. The smallest absolute Gasteiger partial charge is 0.257 e. The maximum absolute atomic E-state index is 13.1. The summed E-state index contributed by atoms with van der Waals surface area (Å²) >= 11 is 7.21. The van der Waals surface area contributed by atoms with Crippen LogP contribution in [0.5, 0.6) is 5.75 Å². The monoisotopic (exact) mass is 456 g/mol. The van der Waals surface area contributed by atoms with Crippen LogP contribution in [0.25, 0.3) is 0 Å². The molecule has 0 radical (unpaired) electrons. The van der Waals surface area contributed by atoms with Crippen molar-refractivity contribution in [2.75, 3.05) is 18.4 Å². The number of benzene rings is 2. The highest BCUT2D eigenvalue weighted by Crippen LogP contribution is 2.25. The second-order valence-corrected chi connectivity index (χ2v) is 8.48. The first-order valence-corrected chi connectivity index (χ1v) is 11.2. The maximum atomic E-state index is 13.1. The average molecular weight is 457 g/mol. The van der Waals surface area contributed by atoms with Gasteiger partial charge in [-0.3, -0.25) is 9.59 Å². The summed E-state index contributed by atoms with van der Waals surface area (Å²) in [6.45, 7) is 1.37. The molecule has 4 rings (SSSR count). The summed E-state index contributed by atoms with van der Waals surface area (Å²) in [6, 6.07) is 14.6. The number of piperidine rings is 1. The number of nitrogens with one attached hydrogen (secondary N) is 1. The van der Waals surface area contributed by atoms with Crippen molar-refractivity contribution in [2.24, 2.45) is 5.92 Å². The number of nitrogens with zero attached hydrogens (tertiary/aromatic N) is 3. The van der Waals surface area contributed by atoms with Gasteiger partial charge in [0.05, 0.1) is 5.56 Å². The van der Waals surface area contributed by atoms with Crippen LogP contribution in [0.15, 0.2) is 54.0 Å². The number of amides is 2. The molecule has 2 heterocycles. The number of ether oxygens (including phenoxy) is 1. The molecule has 1 N–H and O–H groups in total. The quantitative estimate of drug-likeness (QED) is 0.599. The number of aromatic nitrogens is 2. The van der Waals surface area contributed by atoms with Crippen molar-refractivity contribution in [1.29, 1.82) is 0 Å². The van der Waals surface area contributed by atoms with E-state index in [0.717, 1.165) is 5.56 Å². The van der Waals surface area contributed by atoms with Crippen LogP contribution >= 0.6 is 22.9 Å². The summed E-state index contributed by atoms with van der Waals surface area (Å²) in [4.78, 5) is 27.3. The normalized spacial score (nSPS) is 14.3. The molecule has 31 heavy (non-hydrogen) atoms. The molecule has 0 unspecified atom stereocenters. The number of hydrogen-bond acceptors (Lipinski definition) is 6. The van der Waals surface area contributed by atoms with Crippen LogP contribution in [-0.4, -0.2) is 40.0 Å². The number of carbonyl (C=O) groups is 2. The Kier molecular flexibility index (Phi) is 6.79. The molecule has 3 aromatic rings. The van der Waals surface area contributed by atoms with Crippen LogP contribution in [0, 0.1) is 5.92 Å². The predicted molar refractivity (Wildman–Crippen MR) is 119 cm³/mol. The summed E-state index contributed by atoms with van der Waals surface area (Å²) in [5.74, 6) is 0.230. The minimum Gasteiger partial charge on any atom is -0.488 e. The molecule has 1 aliphatic heterocycles. The minimum absolute atomic E-state index is 0.0736. The highest BCUT2D eigenvalue weighted by molar-refractivity contribution is 7.13. The molecule has 0 bridgehead atoms. The number of anilines is 1. The van der Waals surface area contributed by atoms with E-state index in [1.54, 1.807) is 22.5 Å². The van der Waals surface area contributed by atoms with Crippen molar-refractivity contribution in [3.8, 4) is 5.75 Å². The maximum Gasteiger partial charge on any atom is 0.257 e. The minimum atomic E-state index is -0.149. The Morgan fingerprint density at radius 2 is 1.87 bits per heavy atom. The molecular weight excluding hydrogens is 436 g/mol. The third-order valence-corrected chi connectivity index (χ3v) is 6.03. The Bertz CT molecular complexity index is 1040. The van der Waals surface area contributed by atoms with Gasteiger partial charge in [0.15, 0.2) is 0 Å². The SMILES string of the molecule is O=C(Nc1nncs1)C1CCN(C(=O)c2ccccc2OCc2ccc(Cl)cc2)CC1. The van der Waals surface area contributed by atoms with Gasteiger partial charge in [-0.15, -0.1) is 10.2 Å². The predicted octanol–water partition coefficient (Wildman–Crippen LogP) is 4.26. The van der Waals surface area contributed by atoms with Gasteiger partial charge in [-0.2, -0.15) is 0 Å². The first kappa shape index (κ1) is 21.3. The lowest BCUT2D eigenvalue weighted by atomic mass is 9.95. The van der Waals surface area contributed by atoms with Crippen molar-refractivity contribution >= 4 is 39.9 Å². The van der Waals surface area contributed by atoms with E-state index < -0.39 is 0 Å². The van der Waals surface area contributed by atoms with Crippen molar-refractivity contribution in [3.05, 3.63) is 70.2 Å². The van der Waals surface area contributed by atoms with Gasteiger partial charge in [-0.05, 0) is 42.7 Å². The zero-order chi connectivity index (χ0) is 21.6. The summed E-state index contributed by atoms with van der Waals surface area (Å²) in [6.07, 6.45) is 1.20. The lowest BCUT2D eigenvalue weighted by Crippen LogP contribution is -2.41. The fraction of sp³-hybridized carbons (Fsp3) is 0.273. The lowest BCUT2D eigenvalue weighted by Gasteiger charge is -2.31. The highest BCUT2D eigenvalue weighted by atomic mass is 35.5. The van der Waals surface area contributed by atoms with E-state index in [0.29, 0.717) is 54.0 Å². The van der Waals surface area contributed by atoms with Gasteiger partial charge in [-0.1, -0.05) is 47.2 Å². The topological polar surface area (TPSA) is 84.4 Å². The average Bonchev–Trinajstić information content (AvgIpc) is 3.31. The van der Waals surface area contributed by atoms with Crippen molar-refractivity contribution in [1.82, 2.24) is 15.1 Å². The first-order valence-electron chi connectivity index (χ1n) is 9.93. The van der Waals surface area contributed by atoms with E-state index >= 15 is 0 Å². The number of hydrogen-bond donors (Lipinski definition) is 1. The van der Waals surface area contributed by atoms with Crippen LogP contribution in [0.3, 0.4) is 0 Å². The number of halogens is 1. The number of likely N-dealkylation sites (tertiary alicyclic amines) is 1. The molecule has 2 amide bonds. The van der Waals surface area contributed by atoms with Crippen molar-refractivity contribution in [2.45, 2.75) is 19.4 Å². The Labute approximate surface area is 189 Å². The molecule has 0 spiro atoms. The van der Waals surface area contributed by atoms with Gasteiger partial charge in [0, 0.05) is 24.0 Å². The van der Waals surface area contributed by atoms with Crippen molar-refractivity contribution < 1.29 is 14.3 Å². The Hall–Kier alpha value is -2.97. The summed E-state index contributed by atoms with van der Waals surface area (Å²) in [5, 5.41) is 11.5. The second kappa shape index (κ2) is 9.89. The van der Waals surface area contributed by atoms with E-state index in [2.05, 4.69) is 15.5 Å². The standard InChI is InChI=1S/C22H21ClN4O3S/c23-17-7-5-15(6-8-17)13-30-19-4-2-1-3-18(19)21(29)27-11-9-16(10-12-27)20(28)25-22-26-24-14-31-22/h1-8,14,16H,9-13H2,(H,25,26,28). The number of carbonyl (C=O) groups excluding carboxylic acids is 2. The molecule has 1 saturated heterocycles. The van der Waals surface area contributed by atoms with Crippen LogP contribution in [0.4, 0.5) is 5.13 Å². The third kappa shape index (κ3) is 5.39. The van der Waals surface area contributed by atoms with Gasteiger partial charge >= 0.3 is 0 Å². The van der Waals surface area contributed by atoms with Gasteiger partial charge in [0.2, 0.25) is 11.0 Å². The van der Waals surface area contributed by atoms with Gasteiger partial charge < -0.3 is 15.0 Å². The second-order valence-electron chi connectivity index (χ2n) is 7.21. The van der Waals surface area contributed by atoms with Crippen LogP contribution in [0.1, 0.15) is 28.8 Å². The molecule has 1 aromatic heterocycles. The summed E-state index contributed by atoms with van der Waals surface area (Å²) in [5.41, 5.74) is 3.06. The van der Waals surface area contributed by atoms with Crippen LogP contribution in [0.2, 0.25) is 5.02 Å².